The average molecular weight is 357 g/mol. The molecule has 1 unspecified atom stereocenters. The first-order valence-electron chi connectivity index (χ1n) is 9.39. The lowest BCUT2D eigenvalue weighted by atomic mass is 9.85. The quantitative estimate of drug-likeness (QED) is 0.739. The van der Waals surface area contributed by atoms with Gasteiger partial charge in [-0.3, -0.25) is 9.89 Å². The van der Waals surface area contributed by atoms with E-state index in [9.17, 15) is 15.0 Å². The Kier molecular flexibility index (Phi) is 5.93. The van der Waals surface area contributed by atoms with Crippen molar-refractivity contribution in [1.82, 2.24) is 15.1 Å². The molecular weight excluding hydrogens is 330 g/mol. The van der Waals surface area contributed by atoms with E-state index in [1.54, 1.807) is 29.3 Å². The molecule has 6 heteroatoms. The van der Waals surface area contributed by atoms with Crippen LogP contribution in [0.4, 0.5) is 0 Å². The summed E-state index contributed by atoms with van der Waals surface area (Å²) < 4.78 is 0. The number of aliphatic hydroxyl groups excluding tert-OH is 1. The summed E-state index contributed by atoms with van der Waals surface area (Å²) in [5.74, 6) is 0.353. The highest BCUT2D eigenvalue weighted by molar-refractivity contribution is 5.95. The zero-order valence-electron chi connectivity index (χ0n) is 15.2. The number of nitrogens with one attached hydrogen (secondary N) is 1. The Morgan fingerprint density at radius 2 is 2.12 bits per heavy atom. The normalized spacial score (nSPS) is 16.4. The van der Waals surface area contributed by atoms with E-state index >= 15 is 0 Å². The summed E-state index contributed by atoms with van der Waals surface area (Å²) in [5.41, 5.74) is 2.14. The van der Waals surface area contributed by atoms with Gasteiger partial charge >= 0.3 is 0 Å². The summed E-state index contributed by atoms with van der Waals surface area (Å²) in [5, 5.41) is 27.2. The standard InChI is InChI=1S/C20H27N3O3/c1-2-23(13-18(25)15-9-6-10-16(24)11-15)20(26)17-12-21-22-19(17)14-7-4-3-5-8-14/h6,9-12,14,18,24-25H,2-5,7-8,13H2,1H3,(H,21,22). The van der Waals surface area contributed by atoms with Crippen molar-refractivity contribution in [3.8, 4) is 5.75 Å². The number of phenols is 1. The molecule has 1 aliphatic rings. The maximum absolute atomic E-state index is 13.0. The van der Waals surface area contributed by atoms with E-state index in [-0.39, 0.29) is 18.2 Å². The molecule has 0 spiro atoms. The third kappa shape index (κ3) is 4.07. The Balaban J connectivity index is 1.74. The van der Waals surface area contributed by atoms with Crippen molar-refractivity contribution in [1.29, 1.82) is 0 Å². The van der Waals surface area contributed by atoms with Crippen molar-refractivity contribution >= 4 is 5.91 Å². The van der Waals surface area contributed by atoms with E-state index in [1.165, 1.54) is 25.3 Å². The van der Waals surface area contributed by atoms with Gasteiger partial charge in [0.1, 0.15) is 5.75 Å². The second-order valence-electron chi connectivity index (χ2n) is 6.99. The van der Waals surface area contributed by atoms with E-state index in [0.29, 0.717) is 23.6 Å². The number of benzene rings is 1. The van der Waals surface area contributed by atoms with Crippen LogP contribution in [0.1, 0.15) is 72.7 Å². The topological polar surface area (TPSA) is 89.4 Å². The number of rotatable bonds is 6. The number of likely N-dealkylation sites (N-methyl/N-ethyl adjacent to an activating group) is 1. The molecular formula is C20H27N3O3. The number of aromatic nitrogens is 2. The zero-order valence-corrected chi connectivity index (χ0v) is 15.2. The Labute approximate surface area is 153 Å². The van der Waals surface area contributed by atoms with Crippen LogP contribution in [0.25, 0.3) is 0 Å². The van der Waals surface area contributed by atoms with Crippen molar-refractivity contribution in [3.63, 3.8) is 0 Å². The number of nitrogens with zero attached hydrogens (tertiary/aromatic N) is 2. The van der Waals surface area contributed by atoms with E-state index in [4.69, 9.17) is 0 Å². The lowest BCUT2D eigenvalue weighted by Gasteiger charge is -2.26. The minimum Gasteiger partial charge on any atom is -0.508 e. The first kappa shape index (κ1) is 18.5. The van der Waals surface area contributed by atoms with Crippen molar-refractivity contribution in [2.45, 2.75) is 51.0 Å². The first-order valence-corrected chi connectivity index (χ1v) is 9.39. The minimum absolute atomic E-state index is 0.102. The summed E-state index contributed by atoms with van der Waals surface area (Å²) in [6.45, 7) is 2.56. The molecule has 3 N–H and O–H groups in total. The van der Waals surface area contributed by atoms with Crippen LogP contribution in [0.2, 0.25) is 0 Å². The van der Waals surface area contributed by atoms with Gasteiger partial charge in [-0.1, -0.05) is 31.4 Å². The Morgan fingerprint density at radius 1 is 1.35 bits per heavy atom. The van der Waals surface area contributed by atoms with Crippen LogP contribution < -0.4 is 0 Å². The fourth-order valence-corrected chi connectivity index (χ4v) is 3.74. The van der Waals surface area contributed by atoms with E-state index in [0.717, 1.165) is 18.5 Å². The summed E-state index contributed by atoms with van der Waals surface area (Å²) in [7, 11) is 0. The largest absolute Gasteiger partial charge is 0.508 e. The van der Waals surface area contributed by atoms with Gasteiger partial charge in [0.2, 0.25) is 0 Å². The van der Waals surface area contributed by atoms with Crippen LogP contribution >= 0.6 is 0 Å². The van der Waals surface area contributed by atoms with Crippen LogP contribution in [0.5, 0.6) is 5.75 Å². The number of hydrogen-bond donors (Lipinski definition) is 3. The molecule has 1 aromatic heterocycles. The number of H-pyrrole nitrogens is 1. The molecule has 1 saturated carbocycles. The van der Waals surface area contributed by atoms with Gasteiger partial charge in [-0.2, -0.15) is 5.10 Å². The molecule has 1 aromatic carbocycles. The number of phenolic OH excluding ortho intramolecular Hbond substituents is 1. The fourth-order valence-electron chi connectivity index (χ4n) is 3.74. The Hall–Kier alpha value is -2.34. The number of hydrogen-bond acceptors (Lipinski definition) is 4. The maximum Gasteiger partial charge on any atom is 0.257 e. The third-order valence-electron chi connectivity index (χ3n) is 5.23. The number of carbonyl (C=O) groups excluding carboxylic acids is 1. The predicted molar refractivity (Wildman–Crippen MR) is 99.1 cm³/mol. The summed E-state index contributed by atoms with van der Waals surface area (Å²) >= 11 is 0. The molecule has 140 valence electrons. The van der Waals surface area contributed by atoms with Crippen LogP contribution in [0, 0.1) is 0 Å². The van der Waals surface area contributed by atoms with Crippen LogP contribution in [0.3, 0.4) is 0 Å². The smallest absolute Gasteiger partial charge is 0.257 e. The molecule has 1 heterocycles. The van der Waals surface area contributed by atoms with Crippen molar-refractivity contribution in [2.24, 2.45) is 0 Å². The molecule has 0 saturated heterocycles. The molecule has 1 aliphatic carbocycles. The molecule has 1 atom stereocenters. The predicted octanol–water partition coefficient (Wildman–Crippen LogP) is 3.36. The van der Waals surface area contributed by atoms with Crippen molar-refractivity contribution < 1.29 is 15.0 Å². The SMILES string of the molecule is CCN(CC(O)c1cccc(O)c1)C(=O)c1cn[nH]c1C1CCCCC1. The second-order valence-corrected chi connectivity index (χ2v) is 6.99. The van der Waals surface area contributed by atoms with Gasteiger partial charge in [0.05, 0.1) is 30.1 Å². The lowest BCUT2D eigenvalue weighted by molar-refractivity contribution is 0.0633. The first-order chi connectivity index (χ1) is 12.6. The zero-order chi connectivity index (χ0) is 18.5. The van der Waals surface area contributed by atoms with E-state index < -0.39 is 6.10 Å². The number of aromatic hydroxyl groups is 1. The van der Waals surface area contributed by atoms with Gasteiger partial charge in [0.15, 0.2) is 0 Å². The Bertz CT molecular complexity index is 737. The molecule has 1 amide bonds. The number of aliphatic hydroxyl groups is 1. The van der Waals surface area contributed by atoms with Crippen LogP contribution in [0.15, 0.2) is 30.5 Å². The number of carbonyl (C=O) groups is 1. The highest BCUT2D eigenvalue weighted by Gasteiger charge is 2.27. The van der Waals surface area contributed by atoms with Gasteiger partial charge in [0.25, 0.3) is 5.91 Å². The van der Waals surface area contributed by atoms with Gasteiger partial charge in [0, 0.05) is 12.5 Å². The third-order valence-corrected chi connectivity index (χ3v) is 5.23. The van der Waals surface area contributed by atoms with Gasteiger partial charge in [-0.05, 0) is 37.5 Å². The summed E-state index contributed by atoms with van der Waals surface area (Å²) in [6, 6.07) is 6.51. The fraction of sp³-hybridized carbons (Fsp3) is 0.500. The second kappa shape index (κ2) is 8.36. The van der Waals surface area contributed by atoms with Gasteiger partial charge < -0.3 is 15.1 Å². The van der Waals surface area contributed by atoms with E-state index in [2.05, 4.69) is 10.2 Å². The van der Waals surface area contributed by atoms with Crippen molar-refractivity contribution in [2.75, 3.05) is 13.1 Å². The highest BCUT2D eigenvalue weighted by atomic mass is 16.3. The molecule has 26 heavy (non-hydrogen) atoms. The molecule has 0 radical (unpaired) electrons. The summed E-state index contributed by atoms with van der Waals surface area (Å²) in [4.78, 5) is 14.7. The molecule has 6 nitrogen and oxygen atoms in total. The Morgan fingerprint density at radius 3 is 2.81 bits per heavy atom. The van der Waals surface area contributed by atoms with E-state index in [1.807, 2.05) is 6.92 Å². The minimum atomic E-state index is -0.851. The molecule has 0 aliphatic heterocycles. The monoisotopic (exact) mass is 357 g/mol. The molecule has 2 aromatic rings. The maximum atomic E-state index is 13.0. The van der Waals surface area contributed by atoms with Crippen molar-refractivity contribution in [3.05, 3.63) is 47.3 Å². The average Bonchev–Trinajstić information content (AvgIpc) is 3.16. The van der Waals surface area contributed by atoms with Gasteiger partial charge in [-0.15, -0.1) is 0 Å². The number of amides is 1. The van der Waals surface area contributed by atoms with Gasteiger partial charge in [-0.25, -0.2) is 0 Å². The number of aromatic amines is 1. The highest BCUT2D eigenvalue weighted by Crippen LogP contribution is 2.33. The van der Waals surface area contributed by atoms with Crippen LogP contribution in [-0.2, 0) is 0 Å². The summed E-state index contributed by atoms with van der Waals surface area (Å²) in [6.07, 6.45) is 6.55. The molecule has 1 fully saturated rings. The molecule has 0 bridgehead atoms. The lowest BCUT2D eigenvalue weighted by Crippen LogP contribution is -2.35. The van der Waals surface area contributed by atoms with Crippen LogP contribution in [-0.4, -0.2) is 44.3 Å². The molecule has 3 rings (SSSR count).